The van der Waals surface area contributed by atoms with Crippen molar-refractivity contribution >= 4 is 15.9 Å². The average Bonchev–Trinajstić information content (AvgIpc) is 2.31. The Hall–Kier alpha value is -0.450. The number of hydrogen-bond acceptors (Lipinski definition) is 2. The lowest BCUT2D eigenvalue weighted by Crippen LogP contribution is -2.38. The first kappa shape index (κ1) is 16.6. The number of nitrogens with zero attached hydrogens (tertiary/aromatic N) is 1. The van der Waals surface area contributed by atoms with E-state index in [2.05, 4.69) is 41.6 Å². The first-order valence-corrected chi connectivity index (χ1v) is 7.53. The van der Waals surface area contributed by atoms with Gasteiger partial charge in [0.05, 0.1) is 0 Å². The summed E-state index contributed by atoms with van der Waals surface area (Å²) >= 11 is 3.28. The molecule has 0 heterocycles. The molecule has 0 saturated carbocycles. The molecule has 0 amide bonds. The predicted molar refractivity (Wildman–Crippen MR) is 82.6 cm³/mol. The van der Waals surface area contributed by atoms with Crippen molar-refractivity contribution in [3.63, 3.8) is 0 Å². The van der Waals surface area contributed by atoms with Crippen LogP contribution in [0.5, 0.6) is 0 Å². The second-order valence-corrected chi connectivity index (χ2v) is 6.48. The maximum atomic E-state index is 14.1. The van der Waals surface area contributed by atoms with Gasteiger partial charge < -0.3 is 5.73 Å². The second-order valence-electron chi connectivity index (χ2n) is 5.56. The maximum absolute atomic E-state index is 14.1. The van der Waals surface area contributed by atoms with Gasteiger partial charge in [0.1, 0.15) is 5.82 Å². The normalized spacial score (nSPS) is 15.0. The van der Waals surface area contributed by atoms with Gasteiger partial charge in [-0.05, 0) is 38.4 Å². The van der Waals surface area contributed by atoms with E-state index in [4.69, 9.17) is 5.73 Å². The fourth-order valence-electron chi connectivity index (χ4n) is 2.44. The molecular weight excluding hydrogens is 307 g/mol. The zero-order chi connectivity index (χ0) is 14.6. The van der Waals surface area contributed by atoms with E-state index in [0.29, 0.717) is 24.1 Å². The molecule has 19 heavy (non-hydrogen) atoms. The molecule has 1 aromatic rings. The summed E-state index contributed by atoms with van der Waals surface area (Å²) in [6.45, 7) is 6.97. The van der Waals surface area contributed by atoms with E-state index < -0.39 is 0 Å². The highest BCUT2D eigenvalue weighted by Crippen LogP contribution is 2.27. The minimum Gasteiger partial charge on any atom is -0.329 e. The zero-order valence-electron chi connectivity index (χ0n) is 12.2. The van der Waals surface area contributed by atoms with Gasteiger partial charge in [0.15, 0.2) is 0 Å². The molecule has 0 fully saturated rings. The zero-order valence-corrected chi connectivity index (χ0v) is 13.7. The summed E-state index contributed by atoms with van der Waals surface area (Å²) in [6.07, 6.45) is 1.07. The molecule has 2 atom stereocenters. The van der Waals surface area contributed by atoms with Gasteiger partial charge in [-0.2, -0.15) is 0 Å². The fourth-order valence-corrected chi connectivity index (χ4v) is 2.77. The Kier molecular flexibility index (Phi) is 6.43. The molecular formula is C15H24BrFN2. The van der Waals surface area contributed by atoms with Crippen molar-refractivity contribution < 1.29 is 4.39 Å². The van der Waals surface area contributed by atoms with Crippen molar-refractivity contribution in [1.29, 1.82) is 0 Å². The lowest BCUT2D eigenvalue weighted by atomic mass is 9.99. The minimum atomic E-state index is -0.201. The smallest absolute Gasteiger partial charge is 0.129 e. The number of hydrogen-bond donors (Lipinski definition) is 1. The summed E-state index contributed by atoms with van der Waals surface area (Å²) in [6, 6.07) is 5.47. The highest BCUT2D eigenvalue weighted by Gasteiger charge is 2.23. The van der Waals surface area contributed by atoms with Crippen LogP contribution in [0.15, 0.2) is 22.7 Å². The van der Waals surface area contributed by atoms with Crippen LogP contribution in [0.2, 0.25) is 0 Å². The monoisotopic (exact) mass is 330 g/mol. The Morgan fingerprint density at radius 1 is 1.32 bits per heavy atom. The molecule has 1 aromatic carbocycles. The number of likely N-dealkylation sites (N-methyl/N-ethyl adjacent to an activating group) is 1. The van der Waals surface area contributed by atoms with Crippen LogP contribution < -0.4 is 5.73 Å². The second kappa shape index (κ2) is 7.36. The van der Waals surface area contributed by atoms with E-state index >= 15 is 0 Å². The summed E-state index contributed by atoms with van der Waals surface area (Å²) < 4.78 is 14.8. The first-order chi connectivity index (χ1) is 8.86. The summed E-state index contributed by atoms with van der Waals surface area (Å²) in [5.74, 6) is 0.416. The SMILES string of the molecule is CC(C)CC(C)N(C)C(CN)c1ccc(Br)cc1F. The van der Waals surface area contributed by atoms with Gasteiger partial charge in [-0.1, -0.05) is 35.8 Å². The Bertz CT molecular complexity index is 409. The Balaban J connectivity index is 2.93. The number of benzene rings is 1. The lowest BCUT2D eigenvalue weighted by Gasteiger charge is -2.34. The molecule has 0 bridgehead atoms. The molecule has 0 aliphatic rings. The van der Waals surface area contributed by atoms with Crippen LogP contribution in [0.25, 0.3) is 0 Å². The van der Waals surface area contributed by atoms with Crippen LogP contribution in [0.4, 0.5) is 4.39 Å². The fraction of sp³-hybridized carbons (Fsp3) is 0.600. The summed E-state index contributed by atoms with van der Waals surface area (Å²) in [7, 11) is 2.02. The largest absolute Gasteiger partial charge is 0.329 e. The van der Waals surface area contributed by atoms with Gasteiger partial charge in [-0.3, -0.25) is 4.90 Å². The third-order valence-corrected chi connectivity index (χ3v) is 4.04. The number of halogens is 2. The van der Waals surface area contributed by atoms with Gasteiger partial charge in [-0.15, -0.1) is 0 Å². The van der Waals surface area contributed by atoms with E-state index in [0.717, 1.165) is 10.9 Å². The summed E-state index contributed by atoms with van der Waals surface area (Å²) in [4.78, 5) is 2.17. The van der Waals surface area contributed by atoms with E-state index in [1.807, 2.05) is 19.2 Å². The third kappa shape index (κ3) is 4.55. The van der Waals surface area contributed by atoms with Crippen molar-refractivity contribution in [3.05, 3.63) is 34.1 Å². The molecule has 4 heteroatoms. The van der Waals surface area contributed by atoms with Gasteiger partial charge in [0.2, 0.25) is 0 Å². The molecule has 108 valence electrons. The average molecular weight is 331 g/mol. The van der Waals surface area contributed by atoms with Crippen LogP contribution in [-0.4, -0.2) is 24.5 Å². The van der Waals surface area contributed by atoms with Gasteiger partial charge in [0.25, 0.3) is 0 Å². The molecule has 2 unspecified atom stereocenters. The molecule has 0 radical (unpaired) electrons. The minimum absolute atomic E-state index is 0.0816. The van der Waals surface area contributed by atoms with E-state index in [1.54, 1.807) is 0 Å². The lowest BCUT2D eigenvalue weighted by molar-refractivity contribution is 0.166. The number of rotatable bonds is 6. The number of nitrogens with two attached hydrogens (primary N) is 1. The van der Waals surface area contributed by atoms with Crippen LogP contribution in [-0.2, 0) is 0 Å². The summed E-state index contributed by atoms with van der Waals surface area (Å²) in [5, 5.41) is 0. The van der Waals surface area contributed by atoms with E-state index in [9.17, 15) is 4.39 Å². The Morgan fingerprint density at radius 2 is 1.95 bits per heavy atom. The van der Waals surface area contributed by atoms with Crippen LogP contribution >= 0.6 is 15.9 Å². The van der Waals surface area contributed by atoms with Crippen LogP contribution in [0.1, 0.15) is 38.8 Å². The first-order valence-electron chi connectivity index (χ1n) is 6.73. The summed E-state index contributed by atoms with van der Waals surface area (Å²) in [5.41, 5.74) is 6.53. The van der Waals surface area contributed by atoms with Gasteiger partial charge >= 0.3 is 0 Å². The molecule has 2 N–H and O–H groups in total. The Labute approximate surface area is 124 Å². The van der Waals surface area contributed by atoms with Crippen molar-refractivity contribution in [2.75, 3.05) is 13.6 Å². The molecule has 1 rings (SSSR count). The molecule has 0 spiro atoms. The predicted octanol–water partition coefficient (Wildman–Crippen LogP) is 3.95. The molecule has 0 saturated heterocycles. The molecule has 0 aromatic heterocycles. The van der Waals surface area contributed by atoms with Gasteiger partial charge in [0, 0.05) is 28.7 Å². The highest BCUT2D eigenvalue weighted by atomic mass is 79.9. The maximum Gasteiger partial charge on any atom is 0.129 e. The van der Waals surface area contributed by atoms with E-state index in [-0.39, 0.29) is 11.9 Å². The van der Waals surface area contributed by atoms with Gasteiger partial charge in [-0.25, -0.2) is 4.39 Å². The molecule has 2 nitrogen and oxygen atoms in total. The van der Waals surface area contributed by atoms with Crippen molar-refractivity contribution in [1.82, 2.24) is 4.90 Å². The standard InChI is InChI=1S/C15H24BrFN2/c1-10(2)7-11(3)19(4)15(9-18)13-6-5-12(16)8-14(13)17/h5-6,8,10-11,15H,7,9,18H2,1-4H3. The highest BCUT2D eigenvalue weighted by molar-refractivity contribution is 9.10. The molecule has 0 aliphatic carbocycles. The van der Waals surface area contributed by atoms with Crippen molar-refractivity contribution in [2.45, 2.75) is 39.3 Å². The van der Waals surface area contributed by atoms with Crippen molar-refractivity contribution in [3.8, 4) is 0 Å². The topological polar surface area (TPSA) is 29.3 Å². The van der Waals surface area contributed by atoms with Crippen LogP contribution in [0, 0.1) is 11.7 Å². The Morgan fingerprint density at radius 3 is 2.42 bits per heavy atom. The third-order valence-electron chi connectivity index (χ3n) is 3.54. The van der Waals surface area contributed by atoms with E-state index in [1.165, 1.54) is 6.07 Å². The molecule has 0 aliphatic heterocycles. The van der Waals surface area contributed by atoms with Crippen LogP contribution in [0.3, 0.4) is 0 Å². The quantitative estimate of drug-likeness (QED) is 0.855. The van der Waals surface area contributed by atoms with Crippen molar-refractivity contribution in [2.24, 2.45) is 11.7 Å².